The fourth-order valence-electron chi connectivity index (χ4n) is 1.97. The number of hydrogen-bond donors (Lipinski definition) is 1. The number of aromatic nitrogens is 4. The van der Waals surface area contributed by atoms with Gasteiger partial charge in [-0.15, -0.1) is 5.10 Å². The SMILES string of the molecule is C[C@@H](N)c1cccnc1-n1nnc2ccccc21. The lowest BCUT2D eigenvalue weighted by molar-refractivity contribution is 0.747. The molecule has 1 atom stereocenters. The summed E-state index contributed by atoms with van der Waals surface area (Å²) in [7, 11) is 0. The van der Waals surface area contributed by atoms with Gasteiger partial charge in [-0.2, -0.15) is 4.68 Å². The van der Waals surface area contributed by atoms with Crippen molar-refractivity contribution in [1.82, 2.24) is 20.0 Å². The lowest BCUT2D eigenvalue weighted by Gasteiger charge is -2.11. The summed E-state index contributed by atoms with van der Waals surface area (Å²) in [5.74, 6) is 0.737. The molecule has 18 heavy (non-hydrogen) atoms. The van der Waals surface area contributed by atoms with Gasteiger partial charge in [0.15, 0.2) is 5.82 Å². The molecular weight excluding hydrogens is 226 g/mol. The Bertz CT molecular complexity index is 686. The lowest BCUT2D eigenvalue weighted by Crippen LogP contribution is -2.12. The summed E-state index contributed by atoms with van der Waals surface area (Å²) >= 11 is 0. The second-order valence-corrected chi connectivity index (χ2v) is 4.19. The van der Waals surface area contributed by atoms with Crippen LogP contribution in [0.1, 0.15) is 18.5 Å². The average Bonchev–Trinajstić information content (AvgIpc) is 2.82. The first kappa shape index (κ1) is 10.9. The molecule has 3 rings (SSSR count). The zero-order chi connectivity index (χ0) is 12.5. The number of rotatable bonds is 2. The first-order valence-corrected chi connectivity index (χ1v) is 5.78. The van der Waals surface area contributed by atoms with Crippen molar-refractivity contribution in [3.05, 3.63) is 48.2 Å². The van der Waals surface area contributed by atoms with Crippen molar-refractivity contribution in [1.29, 1.82) is 0 Å². The predicted molar refractivity (Wildman–Crippen MR) is 69.3 cm³/mol. The van der Waals surface area contributed by atoms with Crippen LogP contribution in [0.25, 0.3) is 16.9 Å². The Hall–Kier alpha value is -2.27. The smallest absolute Gasteiger partial charge is 0.160 e. The van der Waals surface area contributed by atoms with Crippen molar-refractivity contribution in [2.75, 3.05) is 0 Å². The molecule has 2 aromatic heterocycles. The van der Waals surface area contributed by atoms with E-state index in [-0.39, 0.29) is 6.04 Å². The largest absolute Gasteiger partial charge is 0.324 e. The summed E-state index contributed by atoms with van der Waals surface area (Å²) in [5, 5.41) is 8.28. The van der Waals surface area contributed by atoms with E-state index in [9.17, 15) is 0 Å². The van der Waals surface area contributed by atoms with E-state index in [0.717, 1.165) is 22.4 Å². The molecule has 5 heteroatoms. The summed E-state index contributed by atoms with van der Waals surface area (Å²) in [6.45, 7) is 1.93. The van der Waals surface area contributed by atoms with Crippen LogP contribution in [0.4, 0.5) is 0 Å². The van der Waals surface area contributed by atoms with Crippen molar-refractivity contribution in [2.45, 2.75) is 13.0 Å². The van der Waals surface area contributed by atoms with Crippen LogP contribution in [-0.4, -0.2) is 20.0 Å². The quantitative estimate of drug-likeness (QED) is 0.740. The van der Waals surface area contributed by atoms with Crippen molar-refractivity contribution >= 4 is 11.0 Å². The summed E-state index contributed by atoms with van der Waals surface area (Å²) < 4.78 is 1.73. The van der Waals surface area contributed by atoms with Crippen molar-refractivity contribution in [2.24, 2.45) is 5.73 Å². The summed E-state index contributed by atoms with van der Waals surface area (Å²) in [4.78, 5) is 4.37. The monoisotopic (exact) mass is 239 g/mol. The topological polar surface area (TPSA) is 69.6 Å². The molecular formula is C13H13N5. The van der Waals surface area contributed by atoms with Gasteiger partial charge in [-0.25, -0.2) is 4.98 Å². The second-order valence-electron chi connectivity index (χ2n) is 4.19. The highest BCUT2D eigenvalue weighted by molar-refractivity contribution is 5.75. The minimum absolute atomic E-state index is 0.100. The molecule has 0 radical (unpaired) electrons. The van der Waals surface area contributed by atoms with Crippen molar-refractivity contribution < 1.29 is 0 Å². The van der Waals surface area contributed by atoms with Crippen LogP contribution in [0, 0.1) is 0 Å². The van der Waals surface area contributed by atoms with E-state index < -0.39 is 0 Å². The molecule has 0 aliphatic rings. The third-order valence-electron chi connectivity index (χ3n) is 2.86. The molecule has 0 unspecified atom stereocenters. The molecule has 2 N–H and O–H groups in total. The van der Waals surface area contributed by atoms with Crippen LogP contribution >= 0.6 is 0 Å². The lowest BCUT2D eigenvalue weighted by atomic mass is 10.1. The van der Waals surface area contributed by atoms with Crippen molar-refractivity contribution in [3.63, 3.8) is 0 Å². The molecule has 1 aromatic carbocycles. The number of fused-ring (bicyclic) bond motifs is 1. The molecule has 90 valence electrons. The number of nitrogens with zero attached hydrogens (tertiary/aromatic N) is 4. The Morgan fingerprint density at radius 3 is 2.83 bits per heavy atom. The Morgan fingerprint density at radius 1 is 1.17 bits per heavy atom. The number of para-hydroxylation sites is 1. The Balaban J connectivity index is 2.27. The van der Waals surface area contributed by atoms with E-state index >= 15 is 0 Å². The highest BCUT2D eigenvalue weighted by Crippen LogP contribution is 2.20. The normalized spacial score (nSPS) is 12.8. The molecule has 0 aliphatic carbocycles. The van der Waals surface area contributed by atoms with E-state index in [1.807, 2.05) is 43.3 Å². The molecule has 0 aliphatic heterocycles. The van der Waals surface area contributed by atoms with Crippen LogP contribution in [0.3, 0.4) is 0 Å². The fraction of sp³-hybridized carbons (Fsp3) is 0.154. The van der Waals surface area contributed by atoms with Gasteiger partial charge in [-0.05, 0) is 25.1 Å². The first-order chi connectivity index (χ1) is 8.77. The third-order valence-corrected chi connectivity index (χ3v) is 2.86. The molecule has 0 amide bonds. The number of benzene rings is 1. The maximum atomic E-state index is 5.96. The average molecular weight is 239 g/mol. The van der Waals surface area contributed by atoms with Crippen molar-refractivity contribution in [3.8, 4) is 5.82 Å². The second kappa shape index (κ2) is 4.19. The van der Waals surface area contributed by atoms with Gasteiger partial charge in [0.1, 0.15) is 5.52 Å². The molecule has 0 bridgehead atoms. The molecule has 2 heterocycles. The molecule has 3 aromatic rings. The Kier molecular flexibility index (Phi) is 2.53. The predicted octanol–water partition coefficient (Wildman–Crippen LogP) is 1.84. The maximum Gasteiger partial charge on any atom is 0.160 e. The van der Waals surface area contributed by atoms with E-state index in [0.29, 0.717) is 0 Å². The zero-order valence-electron chi connectivity index (χ0n) is 9.99. The van der Waals surface area contributed by atoms with Crippen LogP contribution in [0.15, 0.2) is 42.6 Å². The Labute approximate surface area is 104 Å². The molecule has 5 nitrogen and oxygen atoms in total. The summed E-state index contributed by atoms with van der Waals surface area (Å²) in [6.07, 6.45) is 1.73. The van der Waals surface area contributed by atoms with Gasteiger partial charge >= 0.3 is 0 Å². The first-order valence-electron chi connectivity index (χ1n) is 5.78. The van der Waals surface area contributed by atoms with Gasteiger partial charge in [0.25, 0.3) is 0 Å². The van der Waals surface area contributed by atoms with Crippen LogP contribution < -0.4 is 5.73 Å². The number of nitrogens with two attached hydrogens (primary N) is 1. The van der Waals surface area contributed by atoms with E-state index in [4.69, 9.17) is 5.73 Å². The van der Waals surface area contributed by atoms with Crippen LogP contribution in [-0.2, 0) is 0 Å². The minimum atomic E-state index is -0.100. The minimum Gasteiger partial charge on any atom is -0.324 e. The van der Waals surface area contributed by atoms with Gasteiger partial charge in [0, 0.05) is 17.8 Å². The van der Waals surface area contributed by atoms with Gasteiger partial charge in [-0.3, -0.25) is 0 Å². The standard InChI is InChI=1S/C13H13N5/c1-9(14)10-5-4-8-15-13(10)18-12-7-3-2-6-11(12)16-17-18/h2-9H,14H2,1H3/t9-/m1/s1. The van der Waals surface area contributed by atoms with E-state index in [2.05, 4.69) is 15.3 Å². The van der Waals surface area contributed by atoms with Crippen LogP contribution in [0.5, 0.6) is 0 Å². The van der Waals surface area contributed by atoms with Gasteiger partial charge in [0.05, 0.1) is 5.52 Å². The number of hydrogen-bond acceptors (Lipinski definition) is 4. The zero-order valence-corrected chi connectivity index (χ0v) is 9.99. The third kappa shape index (κ3) is 1.65. The Morgan fingerprint density at radius 2 is 2.00 bits per heavy atom. The highest BCUT2D eigenvalue weighted by Gasteiger charge is 2.13. The van der Waals surface area contributed by atoms with Gasteiger partial charge < -0.3 is 5.73 Å². The number of pyridine rings is 1. The molecule has 0 saturated carbocycles. The maximum absolute atomic E-state index is 5.96. The highest BCUT2D eigenvalue weighted by atomic mass is 15.4. The van der Waals surface area contributed by atoms with Gasteiger partial charge in [-0.1, -0.05) is 23.4 Å². The summed E-state index contributed by atoms with van der Waals surface area (Å²) in [6, 6.07) is 11.5. The fourth-order valence-corrected chi connectivity index (χ4v) is 1.97. The molecule has 0 fully saturated rings. The van der Waals surface area contributed by atoms with E-state index in [1.165, 1.54) is 0 Å². The molecule has 0 spiro atoms. The van der Waals surface area contributed by atoms with Crippen LogP contribution in [0.2, 0.25) is 0 Å². The van der Waals surface area contributed by atoms with Gasteiger partial charge in [0.2, 0.25) is 0 Å². The summed E-state index contributed by atoms with van der Waals surface area (Å²) in [5.41, 5.74) is 8.69. The molecule has 0 saturated heterocycles. The van der Waals surface area contributed by atoms with E-state index in [1.54, 1.807) is 10.9 Å².